The van der Waals surface area contributed by atoms with Crippen LogP contribution in [0.1, 0.15) is 22.0 Å². The molecule has 2 aromatic rings. The van der Waals surface area contributed by atoms with Crippen molar-refractivity contribution in [2.45, 2.75) is 19.4 Å². The third kappa shape index (κ3) is 2.88. The lowest BCUT2D eigenvalue weighted by molar-refractivity contribution is 0.544. The van der Waals surface area contributed by atoms with Gasteiger partial charge in [-0.15, -0.1) is 11.3 Å². The van der Waals surface area contributed by atoms with Gasteiger partial charge in [0.05, 0.1) is 11.6 Å². The second kappa shape index (κ2) is 5.35. The van der Waals surface area contributed by atoms with Gasteiger partial charge < -0.3 is 0 Å². The lowest BCUT2D eigenvalue weighted by Gasteiger charge is -2.17. The minimum absolute atomic E-state index is 0.0915. The highest BCUT2D eigenvalue weighted by Crippen LogP contribution is 2.23. The molecule has 1 unspecified atom stereocenters. The first kappa shape index (κ1) is 12.2. The molecule has 0 fully saturated rings. The summed E-state index contributed by atoms with van der Waals surface area (Å²) in [6.07, 6.45) is 2.52. The number of aromatic nitrogens is 1. The number of hydrogen-bond acceptors (Lipinski definition) is 4. The summed E-state index contributed by atoms with van der Waals surface area (Å²) in [7, 11) is 0. The molecule has 90 valence electrons. The van der Waals surface area contributed by atoms with E-state index in [1.54, 1.807) is 22.9 Å². The number of nitrogens with one attached hydrogen (secondary N) is 1. The molecule has 17 heavy (non-hydrogen) atoms. The van der Waals surface area contributed by atoms with Gasteiger partial charge in [0.1, 0.15) is 5.82 Å². The Bertz CT molecular complexity index is 485. The number of nitrogens with zero attached hydrogens (tertiary/aromatic N) is 1. The zero-order valence-electron chi connectivity index (χ0n) is 9.48. The zero-order valence-corrected chi connectivity index (χ0v) is 10.3. The number of nitrogens with two attached hydrogens (primary N) is 1. The molecule has 0 bridgehead atoms. The van der Waals surface area contributed by atoms with E-state index in [0.717, 1.165) is 16.0 Å². The maximum Gasteiger partial charge on any atom is 0.123 e. The Balaban J connectivity index is 2.25. The molecule has 0 saturated carbocycles. The normalized spacial score (nSPS) is 12.6. The van der Waals surface area contributed by atoms with Gasteiger partial charge in [-0.05, 0) is 30.2 Å². The highest BCUT2D eigenvalue weighted by molar-refractivity contribution is 7.09. The van der Waals surface area contributed by atoms with Gasteiger partial charge in [-0.25, -0.2) is 4.39 Å². The quantitative estimate of drug-likeness (QED) is 0.648. The monoisotopic (exact) mass is 251 g/mol. The van der Waals surface area contributed by atoms with Gasteiger partial charge in [-0.1, -0.05) is 6.07 Å². The number of hydrogen-bond donors (Lipinski definition) is 2. The Kier molecular flexibility index (Phi) is 3.83. The van der Waals surface area contributed by atoms with Crippen molar-refractivity contribution in [1.82, 2.24) is 10.4 Å². The predicted molar refractivity (Wildman–Crippen MR) is 67.0 cm³/mol. The van der Waals surface area contributed by atoms with Crippen LogP contribution in [-0.4, -0.2) is 4.98 Å². The van der Waals surface area contributed by atoms with Crippen molar-refractivity contribution >= 4 is 11.3 Å². The lowest BCUT2D eigenvalue weighted by Crippen LogP contribution is -2.30. The van der Waals surface area contributed by atoms with Crippen LogP contribution in [0.2, 0.25) is 0 Å². The number of hydrazine groups is 1. The molecule has 0 spiro atoms. The van der Waals surface area contributed by atoms with Crippen LogP contribution in [0.3, 0.4) is 0 Å². The van der Waals surface area contributed by atoms with Crippen LogP contribution in [0.15, 0.2) is 29.9 Å². The van der Waals surface area contributed by atoms with Gasteiger partial charge in [-0.2, -0.15) is 0 Å². The van der Waals surface area contributed by atoms with E-state index in [0.29, 0.717) is 6.42 Å². The van der Waals surface area contributed by atoms with Gasteiger partial charge in [0.25, 0.3) is 0 Å². The Morgan fingerprint density at radius 2 is 2.35 bits per heavy atom. The predicted octanol–water partition coefficient (Wildman–Crippen LogP) is 2.34. The number of halogens is 1. The zero-order chi connectivity index (χ0) is 12.3. The summed E-state index contributed by atoms with van der Waals surface area (Å²) in [4.78, 5) is 5.14. The van der Waals surface area contributed by atoms with Gasteiger partial charge in [0, 0.05) is 17.5 Å². The average molecular weight is 251 g/mol. The number of thiazole rings is 1. The molecule has 0 saturated heterocycles. The molecule has 0 amide bonds. The van der Waals surface area contributed by atoms with Crippen LogP contribution >= 0.6 is 11.3 Å². The average Bonchev–Trinajstić information content (AvgIpc) is 2.82. The third-order valence-corrected chi connectivity index (χ3v) is 3.51. The minimum atomic E-state index is -0.241. The maximum atomic E-state index is 13.2. The molecule has 1 atom stereocenters. The number of benzene rings is 1. The van der Waals surface area contributed by atoms with Crippen molar-refractivity contribution in [2.24, 2.45) is 5.84 Å². The molecule has 0 aliphatic carbocycles. The molecule has 1 heterocycles. The Hall–Kier alpha value is -1.30. The SMILES string of the molecule is Cc1ccc(F)cc1C(Cc1cncs1)NN. The summed E-state index contributed by atoms with van der Waals surface area (Å²) in [5, 5.41) is 0. The molecule has 0 aliphatic rings. The smallest absolute Gasteiger partial charge is 0.123 e. The minimum Gasteiger partial charge on any atom is -0.271 e. The summed E-state index contributed by atoms with van der Waals surface area (Å²) in [6, 6.07) is 4.66. The number of rotatable bonds is 4. The third-order valence-electron chi connectivity index (χ3n) is 2.71. The second-order valence-electron chi connectivity index (χ2n) is 3.89. The van der Waals surface area contributed by atoms with Gasteiger partial charge in [-0.3, -0.25) is 16.3 Å². The van der Waals surface area contributed by atoms with Crippen LogP contribution in [0.4, 0.5) is 4.39 Å². The van der Waals surface area contributed by atoms with Crippen molar-refractivity contribution in [3.8, 4) is 0 Å². The lowest BCUT2D eigenvalue weighted by atomic mass is 9.99. The molecule has 3 nitrogen and oxygen atoms in total. The van der Waals surface area contributed by atoms with E-state index in [1.165, 1.54) is 12.1 Å². The molecular formula is C12H14FN3S. The van der Waals surface area contributed by atoms with E-state index in [2.05, 4.69) is 10.4 Å². The molecule has 1 aromatic heterocycles. The molecule has 0 aliphatic heterocycles. The molecule has 2 rings (SSSR count). The van der Waals surface area contributed by atoms with E-state index < -0.39 is 0 Å². The van der Waals surface area contributed by atoms with Crippen molar-refractivity contribution in [3.05, 3.63) is 51.7 Å². The number of aryl methyl sites for hydroxylation is 1. The van der Waals surface area contributed by atoms with Crippen molar-refractivity contribution < 1.29 is 4.39 Å². The topological polar surface area (TPSA) is 50.9 Å². The van der Waals surface area contributed by atoms with Crippen LogP contribution in [0.5, 0.6) is 0 Å². The second-order valence-corrected chi connectivity index (χ2v) is 4.86. The van der Waals surface area contributed by atoms with E-state index in [9.17, 15) is 4.39 Å². The Morgan fingerprint density at radius 3 is 3.00 bits per heavy atom. The fourth-order valence-corrected chi connectivity index (χ4v) is 2.43. The first-order chi connectivity index (χ1) is 8.20. The van der Waals surface area contributed by atoms with Crippen molar-refractivity contribution in [3.63, 3.8) is 0 Å². The van der Waals surface area contributed by atoms with E-state index in [4.69, 9.17) is 5.84 Å². The molecule has 0 radical (unpaired) electrons. The molecular weight excluding hydrogens is 237 g/mol. The van der Waals surface area contributed by atoms with Crippen LogP contribution in [0.25, 0.3) is 0 Å². The fourth-order valence-electron chi connectivity index (χ4n) is 1.79. The highest BCUT2D eigenvalue weighted by Gasteiger charge is 2.14. The standard InChI is InChI=1S/C12H14FN3S/c1-8-2-3-9(13)4-11(8)12(16-14)5-10-6-15-7-17-10/h2-4,6-7,12,16H,5,14H2,1H3. The van der Waals surface area contributed by atoms with Gasteiger partial charge in [0.15, 0.2) is 0 Å². The van der Waals surface area contributed by atoms with E-state index in [-0.39, 0.29) is 11.9 Å². The van der Waals surface area contributed by atoms with Gasteiger partial charge in [0.2, 0.25) is 0 Å². The first-order valence-corrected chi connectivity index (χ1v) is 6.18. The van der Waals surface area contributed by atoms with E-state index >= 15 is 0 Å². The maximum absolute atomic E-state index is 13.2. The van der Waals surface area contributed by atoms with Crippen molar-refractivity contribution in [2.75, 3.05) is 0 Å². The Morgan fingerprint density at radius 1 is 1.53 bits per heavy atom. The molecule has 1 aromatic carbocycles. The van der Waals surface area contributed by atoms with Crippen LogP contribution in [-0.2, 0) is 6.42 Å². The summed E-state index contributed by atoms with van der Waals surface area (Å²) in [5.41, 5.74) is 6.43. The summed E-state index contributed by atoms with van der Waals surface area (Å²) in [5.74, 6) is 5.31. The Labute approximate surface area is 103 Å². The molecule has 3 N–H and O–H groups in total. The van der Waals surface area contributed by atoms with Crippen LogP contribution in [0, 0.1) is 12.7 Å². The summed E-state index contributed by atoms with van der Waals surface area (Å²) < 4.78 is 13.2. The first-order valence-electron chi connectivity index (χ1n) is 5.30. The van der Waals surface area contributed by atoms with Crippen molar-refractivity contribution in [1.29, 1.82) is 0 Å². The highest BCUT2D eigenvalue weighted by atomic mass is 32.1. The van der Waals surface area contributed by atoms with Crippen LogP contribution < -0.4 is 11.3 Å². The summed E-state index contributed by atoms with van der Waals surface area (Å²) >= 11 is 1.57. The fraction of sp³-hybridized carbons (Fsp3) is 0.250. The largest absolute Gasteiger partial charge is 0.271 e. The molecule has 5 heteroatoms. The van der Waals surface area contributed by atoms with E-state index in [1.807, 2.05) is 13.1 Å². The van der Waals surface area contributed by atoms with Gasteiger partial charge >= 0.3 is 0 Å². The summed E-state index contributed by atoms with van der Waals surface area (Å²) in [6.45, 7) is 1.95.